The molecule has 0 spiro atoms. The molecule has 0 saturated heterocycles. The molecule has 0 amide bonds. The van der Waals surface area contributed by atoms with E-state index in [1.54, 1.807) is 18.2 Å². The van der Waals surface area contributed by atoms with Gasteiger partial charge in [0.25, 0.3) is 10.0 Å². The van der Waals surface area contributed by atoms with Gasteiger partial charge in [0.2, 0.25) is 0 Å². The number of hydrogen-bond acceptors (Lipinski definition) is 5. The van der Waals surface area contributed by atoms with Gasteiger partial charge in [-0.3, -0.25) is 13.9 Å². The van der Waals surface area contributed by atoms with Gasteiger partial charge in [0.1, 0.15) is 11.9 Å². The summed E-state index contributed by atoms with van der Waals surface area (Å²) in [4.78, 5) is 26.0. The number of ketones is 2. The molecule has 5 rings (SSSR count). The lowest BCUT2D eigenvalue weighted by Crippen LogP contribution is -2.48. The predicted octanol–water partition coefficient (Wildman–Crippen LogP) is 4.58. The Morgan fingerprint density at radius 1 is 1.06 bits per heavy atom. The van der Waals surface area contributed by atoms with Crippen molar-refractivity contribution in [3.8, 4) is 5.75 Å². The summed E-state index contributed by atoms with van der Waals surface area (Å²) in [5.74, 6) is -0.147. The number of sulfonamides is 1. The second-order valence-electron chi connectivity index (χ2n) is 8.66. The fourth-order valence-corrected chi connectivity index (χ4v) is 6.07. The topological polar surface area (TPSA) is 80.8 Å². The molecule has 0 radical (unpaired) electrons. The van der Waals surface area contributed by atoms with Crippen molar-refractivity contribution in [3.05, 3.63) is 95.7 Å². The maximum absolute atomic E-state index is 13.7. The van der Waals surface area contributed by atoms with E-state index < -0.39 is 22.2 Å². The summed E-state index contributed by atoms with van der Waals surface area (Å²) in [6.45, 7) is 7.08. The number of nitrogens with zero attached hydrogens (tertiary/aromatic N) is 1. The van der Waals surface area contributed by atoms with Gasteiger partial charge in [-0.1, -0.05) is 54.6 Å². The van der Waals surface area contributed by atoms with Crippen molar-refractivity contribution < 1.29 is 22.7 Å². The van der Waals surface area contributed by atoms with Gasteiger partial charge in [0.15, 0.2) is 11.6 Å². The van der Waals surface area contributed by atoms with Crippen LogP contribution >= 0.6 is 0 Å². The van der Waals surface area contributed by atoms with Crippen molar-refractivity contribution in [1.82, 2.24) is 4.31 Å². The summed E-state index contributed by atoms with van der Waals surface area (Å²) in [6.07, 6.45) is 0.745. The van der Waals surface area contributed by atoms with E-state index in [9.17, 15) is 18.0 Å². The zero-order valence-electron chi connectivity index (χ0n) is 18.8. The van der Waals surface area contributed by atoms with Crippen LogP contribution in [0, 0.1) is 6.92 Å². The zero-order chi connectivity index (χ0) is 24.2. The van der Waals surface area contributed by atoms with E-state index >= 15 is 0 Å². The third-order valence-electron chi connectivity index (χ3n) is 6.46. The van der Waals surface area contributed by atoms with Crippen molar-refractivity contribution in [2.75, 3.05) is 0 Å². The largest absolute Gasteiger partial charge is 0.485 e. The lowest BCUT2D eigenvalue weighted by Gasteiger charge is -2.40. The molecule has 34 heavy (non-hydrogen) atoms. The highest BCUT2D eigenvalue weighted by Gasteiger charge is 2.44. The summed E-state index contributed by atoms with van der Waals surface area (Å²) in [5.41, 5.74) is 1.72. The Balaban J connectivity index is 1.67. The number of carbonyl (C=O) groups excluding carboxylic acids is 2. The van der Waals surface area contributed by atoms with E-state index in [4.69, 9.17) is 4.74 Å². The lowest BCUT2D eigenvalue weighted by atomic mass is 9.85. The quantitative estimate of drug-likeness (QED) is 0.518. The van der Waals surface area contributed by atoms with E-state index in [2.05, 4.69) is 6.58 Å². The molecule has 0 N–H and O–H groups in total. The minimum absolute atomic E-state index is 0.0739. The summed E-state index contributed by atoms with van der Waals surface area (Å²) >= 11 is 0. The van der Waals surface area contributed by atoms with E-state index in [0.29, 0.717) is 11.3 Å². The molecule has 2 heterocycles. The van der Waals surface area contributed by atoms with Gasteiger partial charge in [-0.2, -0.15) is 0 Å². The van der Waals surface area contributed by atoms with Crippen LogP contribution in [0.25, 0.3) is 10.8 Å². The predicted molar refractivity (Wildman–Crippen MR) is 129 cm³/mol. The fraction of sp³-hybridized carbons (Fsp3) is 0.185. The zero-order valence-corrected chi connectivity index (χ0v) is 19.6. The Bertz CT molecular complexity index is 1500. The van der Waals surface area contributed by atoms with E-state index in [1.165, 1.54) is 25.3 Å². The number of carbonyl (C=O) groups is 2. The van der Waals surface area contributed by atoms with E-state index in [1.807, 2.05) is 37.3 Å². The summed E-state index contributed by atoms with van der Waals surface area (Å²) in [7, 11) is -4.06. The number of ether oxygens (including phenoxy) is 1. The number of Topliss-reactive ketones (excluding diaryl/α,β-unsaturated/α-hetero) is 2. The van der Waals surface area contributed by atoms with Crippen LogP contribution in [0.3, 0.4) is 0 Å². The molecule has 0 bridgehead atoms. The van der Waals surface area contributed by atoms with Gasteiger partial charge >= 0.3 is 0 Å². The molecule has 0 aliphatic carbocycles. The van der Waals surface area contributed by atoms with Crippen molar-refractivity contribution >= 4 is 32.4 Å². The van der Waals surface area contributed by atoms with Gasteiger partial charge in [-0.25, -0.2) is 8.42 Å². The van der Waals surface area contributed by atoms with Crippen LogP contribution in [-0.4, -0.2) is 36.4 Å². The average molecular weight is 474 g/mol. The molecule has 0 saturated carbocycles. The van der Waals surface area contributed by atoms with Gasteiger partial charge in [-0.05, 0) is 42.8 Å². The summed E-state index contributed by atoms with van der Waals surface area (Å²) in [6, 6.07) is 16.7. The highest BCUT2D eigenvalue weighted by Crippen LogP contribution is 2.41. The van der Waals surface area contributed by atoms with Crippen LogP contribution in [0.2, 0.25) is 0 Å². The Morgan fingerprint density at radius 2 is 1.76 bits per heavy atom. The second kappa shape index (κ2) is 7.95. The highest BCUT2D eigenvalue weighted by atomic mass is 32.2. The number of aryl methyl sites for hydroxylation is 1. The van der Waals surface area contributed by atoms with E-state index in [-0.39, 0.29) is 34.0 Å². The summed E-state index contributed by atoms with van der Waals surface area (Å²) in [5, 5.41) is 1.63. The Morgan fingerprint density at radius 3 is 2.47 bits per heavy atom. The van der Waals surface area contributed by atoms with Crippen molar-refractivity contribution in [2.45, 2.75) is 37.3 Å². The number of fused-ring (bicyclic) bond motifs is 4. The van der Waals surface area contributed by atoms with Crippen LogP contribution in [0.15, 0.2) is 89.5 Å². The molecular weight excluding hydrogens is 450 g/mol. The molecule has 2 atom stereocenters. The first kappa shape index (κ1) is 22.1. The standard InChI is InChI=1S/C27H23NO5S/c1-16-8-11-20(12-9-16)34(31,32)28-15-22-25(14-23(28)17(2)18(3)29)33-24-13-10-19-6-4-5-7-21(19)26(24)27(22)30/h4-13,15,23,25H,2,14H2,1,3H3/t23-,25+/m0/s1. The lowest BCUT2D eigenvalue weighted by molar-refractivity contribution is -0.114. The van der Waals surface area contributed by atoms with E-state index in [0.717, 1.165) is 20.6 Å². The third-order valence-corrected chi connectivity index (χ3v) is 8.24. The van der Waals surface area contributed by atoms with Gasteiger partial charge in [-0.15, -0.1) is 0 Å². The fourth-order valence-electron chi connectivity index (χ4n) is 4.54. The van der Waals surface area contributed by atoms with Crippen molar-refractivity contribution in [1.29, 1.82) is 0 Å². The van der Waals surface area contributed by atoms with Crippen molar-refractivity contribution in [3.63, 3.8) is 0 Å². The number of hydrogen-bond donors (Lipinski definition) is 0. The SMILES string of the molecule is C=C(C(C)=O)[C@@H]1C[C@H]2Oc3ccc4ccccc4c3C(=O)C2=CN1S(=O)(=O)c1ccc(C)cc1. The van der Waals surface area contributed by atoms with Gasteiger partial charge < -0.3 is 4.74 Å². The molecule has 3 aromatic carbocycles. The van der Waals surface area contributed by atoms with Crippen LogP contribution in [0.1, 0.15) is 29.3 Å². The second-order valence-corrected chi connectivity index (χ2v) is 10.5. The maximum Gasteiger partial charge on any atom is 0.264 e. The number of benzene rings is 3. The first-order chi connectivity index (χ1) is 16.2. The molecule has 0 fully saturated rings. The monoisotopic (exact) mass is 473 g/mol. The minimum atomic E-state index is -4.06. The smallest absolute Gasteiger partial charge is 0.264 e. The Kier molecular flexibility index (Phi) is 5.17. The van der Waals surface area contributed by atoms with Crippen LogP contribution < -0.4 is 4.74 Å². The molecule has 0 aromatic heterocycles. The first-order valence-corrected chi connectivity index (χ1v) is 12.4. The molecule has 2 aliphatic rings. The maximum atomic E-state index is 13.7. The van der Waals surface area contributed by atoms with Crippen LogP contribution in [-0.2, 0) is 14.8 Å². The molecule has 172 valence electrons. The first-order valence-electron chi connectivity index (χ1n) is 10.9. The molecule has 7 heteroatoms. The van der Waals surface area contributed by atoms with Crippen molar-refractivity contribution in [2.24, 2.45) is 0 Å². The molecule has 6 nitrogen and oxygen atoms in total. The summed E-state index contributed by atoms with van der Waals surface area (Å²) < 4.78 is 34.6. The normalized spacial score (nSPS) is 19.6. The average Bonchev–Trinajstić information content (AvgIpc) is 2.82. The molecule has 3 aromatic rings. The van der Waals surface area contributed by atoms with Crippen LogP contribution in [0.4, 0.5) is 0 Å². The minimum Gasteiger partial charge on any atom is -0.485 e. The molecular formula is C27H23NO5S. The van der Waals surface area contributed by atoms with Crippen LogP contribution in [0.5, 0.6) is 5.75 Å². The van der Waals surface area contributed by atoms with Gasteiger partial charge in [0.05, 0.1) is 22.1 Å². The Hall–Kier alpha value is -3.71. The Labute approximate surface area is 198 Å². The number of rotatable bonds is 4. The molecule has 0 unspecified atom stereocenters. The molecule has 2 aliphatic heterocycles. The van der Waals surface area contributed by atoms with Gasteiger partial charge in [0, 0.05) is 18.2 Å². The highest BCUT2D eigenvalue weighted by molar-refractivity contribution is 7.89. The third kappa shape index (κ3) is 3.44.